The van der Waals surface area contributed by atoms with E-state index < -0.39 is 17.5 Å². The average molecular weight is 382 g/mol. The van der Waals surface area contributed by atoms with Gasteiger partial charge < -0.3 is 15.1 Å². The molecule has 1 saturated heterocycles. The SMILES string of the molecule is O=C(CN1C(=O)NC2(CCCCC2)C1=O)Nc1ccc2oc(C3CC3)nc2c1. The van der Waals surface area contributed by atoms with Gasteiger partial charge in [0.2, 0.25) is 5.91 Å². The van der Waals surface area contributed by atoms with Crippen LogP contribution in [-0.4, -0.2) is 39.8 Å². The van der Waals surface area contributed by atoms with Gasteiger partial charge in [0.1, 0.15) is 17.6 Å². The minimum Gasteiger partial charge on any atom is -0.440 e. The summed E-state index contributed by atoms with van der Waals surface area (Å²) in [4.78, 5) is 43.0. The van der Waals surface area contributed by atoms with Gasteiger partial charge in [0, 0.05) is 11.6 Å². The highest BCUT2D eigenvalue weighted by Gasteiger charge is 2.51. The standard InChI is InChI=1S/C20H22N4O4/c25-16(11-24-18(26)20(23-19(24)27)8-2-1-3-9-20)21-13-6-7-15-14(10-13)22-17(28-15)12-4-5-12/h6-7,10,12H,1-5,8-9,11H2,(H,21,25)(H,23,27). The Kier molecular flexibility index (Phi) is 3.89. The Balaban J connectivity index is 1.27. The molecule has 1 aliphatic heterocycles. The number of oxazole rings is 1. The molecule has 2 saturated carbocycles. The highest BCUT2D eigenvalue weighted by Crippen LogP contribution is 2.40. The van der Waals surface area contributed by atoms with E-state index in [0.29, 0.717) is 35.5 Å². The lowest BCUT2D eigenvalue weighted by Crippen LogP contribution is -2.48. The molecule has 2 aliphatic carbocycles. The summed E-state index contributed by atoms with van der Waals surface area (Å²) in [7, 11) is 0. The van der Waals surface area contributed by atoms with E-state index >= 15 is 0 Å². The molecule has 0 atom stereocenters. The van der Waals surface area contributed by atoms with Crippen LogP contribution in [0.1, 0.15) is 56.8 Å². The molecule has 28 heavy (non-hydrogen) atoms. The Labute approximate surface area is 161 Å². The van der Waals surface area contributed by atoms with E-state index in [2.05, 4.69) is 15.6 Å². The van der Waals surface area contributed by atoms with Crippen LogP contribution in [-0.2, 0) is 9.59 Å². The first-order chi connectivity index (χ1) is 13.5. The molecule has 2 aromatic rings. The molecule has 3 aliphatic rings. The van der Waals surface area contributed by atoms with Crippen molar-refractivity contribution in [2.24, 2.45) is 0 Å². The van der Waals surface area contributed by atoms with Crippen LogP contribution in [0.25, 0.3) is 11.1 Å². The van der Waals surface area contributed by atoms with E-state index in [9.17, 15) is 14.4 Å². The molecular weight excluding hydrogens is 360 g/mol. The zero-order chi connectivity index (χ0) is 19.3. The Bertz CT molecular complexity index is 972. The number of fused-ring (bicyclic) bond motifs is 1. The summed E-state index contributed by atoms with van der Waals surface area (Å²) in [6, 6.07) is 4.77. The van der Waals surface area contributed by atoms with Crippen LogP contribution in [0.5, 0.6) is 0 Å². The maximum absolute atomic E-state index is 12.8. The van der Waals surface area contributed by atoms with E-state index in [4.69, 9.17) is 4.42 Å². The van der Waals surface area contributed by atoms with Gasteiger partial charge in [0.05, 0.1) is 0 Å². The molecule has 0 bridgehead atoms. The number of amides is 4. The second-order valence-electron chi connectivity index (χ2n) is 8.02. The lowest BCUT2D eigenvalue weighted by atomic mass is 9.82. The number of hydrogen-bond acceptors (Lipinski definition) is 5. The van der Waals surface area contributed by atoms with Gasteiger partial charge >= 0.3 is 6.03 Å². The van der Waals surface area contributed by atoms with E-state index in [0.717, 1.165) is 42.9 Å². The maximum Gasteiger partial charge on any atom is 0.325 e. The Morgan fingerprint density at radius 2 is 2.04 bits per heavy atom. The van der Waals surface area contributed by atoms with Crippen LogP contribution in [0, 0.1) is 0 Å². The Morgan fingerprint density at radius 3 is 2.79 bits per heavy atom. The number of nitrogens with zero attached hydrogens (tertiary/aromatic N) is 2. The lowest BCUT2D eigenvalue weighted by molar-refractivity contribution is -0.134. The van der Waals surface area contributed by atoms with E-state index in [-0.39, 0.29) is 12.5 Å². The highest BCUT2D eigenvalue weighted by molar-refractivity contribution is 6.10. The van der Waals surface area contributed by atoms with E-state index in [1.165, 1.54) is 0 Å². The first-order valence-electron chi connectivity index (χ1n) is 9.89. The Morgan fingerprint density at radius 1 is 1.25 bits per heavy atom. The summed E-state index contributed by atoms with van der Waals surface area (Å²) in [5, 5.41) is 5.57. The molecular formula is C20H22N4O4. The van der Waals surface area contributed by atoms with Crippen LogP contribution in [0.4, 0.5) is 10.5 Å². The lowest BCUT2D eigenvalue weighted by Gasteiger charge is -2.30. The summed E-state index contributed by atoms with van der Waals surface area (Å²) >= 11 is 0. The molecule has 5 rings (SSSR count). The average Bonchev–Trinajstić information content (AvgIpc) is 3.41. The number of urea groups is 1. The van der Waals surface area contributed by atoms with E-state index in [1.54, 1.807) is 18.2 Å². The predicted molar refractivity (Wildman–Crippen MR) is 101 cm³/mol. The van der Waals surface area contributed by atoms with Crippen molar-refractivity contribution in [1.29, 1.82) is 0 Å². The number of aromatic nitrogens is 1. The van der Waals surface area contributed by atoms with Gasteiger partial charge in [0.15, 0.2) is 11.5 Å². The minimum absolute atomic E-state index is 0.284. The summed E-state index contributed by atoms with van der Waals surface area (Å²) in [5.74, 6) is 0.461. The molecule has 0 unspecified atom stereocenters. The summed E-state index contributed by atoms with van der Waals surface area (Å²) in [6.07, 6.45) is 6.37. The molecule has 2 N–H and O–H groups in total. The van der Waals surface area contributed by atoms with Gasteiger partial charge in [0.25, 0.3) is 5.91 Å². The fraction of sp³-hybridized carbons (Fsp3) is 0.500. The van der Waals surface area contributed by atoms with E-state index in [1.807, 2.05) is 0 Å². The smallest absolute Gasteiger partial charge is 0.325 e. The predicted octanol–water partition coefficient (Wildman–Crippen LogP) is 2.90. The molecule has 1 aromatic heterocycles. The number of anilines is 1. The molecule has 0 radical (unpaired) electrons. The maximum atomic E-state index is 12.8. The molecule has 146 valence electrons. The van der Waals surface area contributed by atoms with Crippen LogP contribution in [0.3, 0.4) is 0 Å². The van der Waals surface area contributed by atoms with Crippen molar-refractivity contribution in [1.82, 2.24) is 15.2 Å². The summed E-state index contributed by atoms with van der Waals surface area (Å²) < 4.78 is 5.72. The molecule has 3 fully saturated rings. The van der Waals surface area contributed by atoms with Gasteiger partial charge in [-0.2, -0.15) is 0 Å². The highest BCUT2D eigenvalue weighted by atomic mass is 16.3. The number of carbonyl (C=O) groups excluding carboxylic acids is 3. The fourth-order valence-corrected chi connectivity index (χ4v) is 4.19. The van der Waals surface area contributed by atoms with Gasteiger partial charge in [-0.25, -0.2) is 9.78 Å². The van der Waals surface area contributed by atoms with Crippen LogP contribution in [0.15, 0.2) is 22.6 Å². The van der Waals surface area contributed by atoms with Crippen molar-refractivity contribution in [3.05, 3.63) is 24.1 Å². The fourth-order valence-electron chi connectivity index (χ4n) is 4.19. The minimum atomic E-state index is -0.811. The quantitative estimate of drug-likeness (QED) is 0.791. The second kappa shape index (κ2) is 6.32. The number of imide groups is 1. The molecule has 4 amide bonds. The monoisotopic (exact) mass is 382 g/mol. The third-order valence-corrected chi connectivity index (χ3v) is 5.87. The largest absolute Gasteiger partial charge is 0.440 e. The molecule has 8 nitrogen and oxygen atoms in total. The van der Waals surface area contributed by atoms with Crippen molar-refractivity contribution in [3.63, 3.8) is 0 Å². The van der Waals surface area contributed by atoms with Crippen molar-refractivity contribution < 1.29 is 18.8 Å². The van der Waals surface area contributed by atoms with Gasteiger partial charge in [-0.15, -0.1) is 0 Å². The normalized spacial score (nSPS) is 21.4. The van der Waals surface area contributed by atoms with Crippen molar-refractivity contribution in [2.75, 3.05) is 11.9 Å². The molecule has 1 aromatic carbocycles. The second-order valence-corrected chi connectivity index (χ2v) is 8.02. The van der Waals surface area contributed by atoms with Crippen molar-refractivity contribution in [3.8, 4) is 0 Å². The number of hydrogen-bond donors (Lipinski definition) is 2. The van der Waals surface area contributed by atoms with Crippen LogP contribution < -0.4 is 10.6 Å². The first-order valence-corrected chi connectivity index (χ1v) is 9.89. The van der Waals surface area contributed by atoms with Crippen LogP contribution >= 0.6 is 0 Å². The molecule has 2 heterocycles. The van der Waals surface area contributed by atoms with Gasteiger partial charge in [-0.3, -0.25) is 14.5 Å². The van der Waals surface area contributed by atoms with Crippen molar-refractivity contribution >= 4 is 34.6 Å². The third kappa shape index (κ3) is 2.93. The van der Waals surface area contributed by atoms with Gasteiger partial charge in [-0.05, 0) is 43.9 Å². The zero-order valence-corrected chi connectivity index (χ0v) is 15.5. The van der Waals surface area contributed by atoms with Gasteiger partial charge in [-0.1, -0.05) is 19.3 Å². The molecule has 8 heteroatoms. The van der Waals surface area contributed by atoms with Crippen molar-refractivity contribution in [2.45, 2.75) is 56.4 Å². The number of rotatable bonds is 4. The first kappa shape index (κ1) is 17.2. The Hall–Kier alpha value is -2.90. The topological polar surface area (TPSA) is 105 Å². The number of carbonyl (C=O) groups is 3. The number of benzene rings is 1. The molecule has 1 spiro atoms. The zero-order valence-electron chi connectivity index (χ0n) is 15.5. The number of nitrogens with one attached hydrogen (secondary N) is 2. The summed E-state index contributed by atoms with van der Waals surface area (Å²) in [6.45, 7) is -0.295. The summed E-state index contributed by atoms with van der Waals surface area (Å²) in [5.41, 5.74) is 1.13. The van der Waals surface area contributed by atoms with Crippen LogP contribution in [0.2, 0.25) is 0 Å². The third-order valence-electron chi connectivity index (χ3n) is 5.87.